The van der Waals surface area contributed by atoms with Crippen LogP contribution < -0.4 is 0 Å². The zero-order valence-corrected chi connectivity index (χ0v) is 12.3. The average molecular weight is 314 g/mol. The van der Waals surface area contributed by atoms with E-state index in [0.717, 1.165) is 24.1 Å². The summed E-state index contributed by atoms with van der Waals surface area (Å²) in [5.41, 5.74) is 2.44. The van der Waals surface area contributed by atoms with Crippen LogP contribution in [0.1, 0.15) is 23.6 Å². The second-order valence-electron chi connectivity index (χ2n) is 5.66. The lowest BCUT2D eigenvalue weighted by molar-refractivity contribution is 0.155. The first-order chi connectivity index (χ1) is 11.2. The summed E-state index contributed by atoms with van der Waals surface area (Å²) in [7, 11) is 0. The molecule has 7 heteroatoms. The minimum absolute atomic E-state index is 0.221. The van der Waals surface area contributed by atoms with Crippen molar-refractivity contribution in [1.82, 2.24) is 19.9 Å². The number of rotatable bonds is 3. The van der Waals surface area contributed by atoms with Crippen molar-refractivity contribution in [1.29, 1.82) is 0 Å². The number of aryl methyl sites for hydroxylation is 1. The summed E-state index contributed by atoms with van der Waals surface area (Å²) < 4.78 is 20.7. The molecular formula is C16H15FN4O2. The molecule has 0 saturated carbocycles. The van der Waals surface area contributed by atoms with Crippen molar-refractivity contribution in [2.75, 3.05) is 0 Å². The lowest BCUT2D eigenvalue weighted by Crippen LogP contribution is -2.21. The summed E-state index contributed by atoms with van der Waals surface area (Å²) in [6.07, 6.45) is 3.63. The summed E-state index contributed by atoms with van der Waals surface area (Å²) in [4.78, 5) is 4.24. The van der Waals surface area contributed by atoms with Crippen LogP contribution in [-0.4, -0.2) is 31.1 Å². The molecule has 3 aromatic rings. The van der Waals surface area contributed by atoms with Crippen molar-refractivity contribution in [3.8, 4) is 11.4 Å². The minimum atomic E-state index is -0.389. The smallest absolute Gasteiger partial charge is 0.248 e. The highest BCUT2D eigenvalue weighted by Gasteiger charge is 2.22. The molecule has 1 aliphatic carbocycles. The van der Waals surface area contributed by atoms with E-state index >= 15 is 0 Å². The molecule has 1 unspecified atom stereocenters. The fraction of sp³-hybridized carbons (Fsp3) is 0.312. The normalized spacial score (nSPS) is 17.2. The number of hydrogen-bond donors (Lipinski definition) is 1. The topological polar surface area (TPSA) is 77.0 Å². The summed E-state index contributed by atoms with van der Waals surface area (Å²) in [6, 6.07) is 6.30. The van der Waals surface area contributed by atoms with Crippen molar-refractivity contribution >= 4 is 0 Å². The summed E-state index contributed by atoms with van der Waals surface area (Å²) in [5, 5.41) is 18.0. The molecule has 23 heavy (non-hydrogen) atoms. The Balaban J connectivity index is 1.59. The fourth-order valence-electron chi connectivity index (χ4n) is 2.88. The Kier molecular flexibility index (Phi) is 3.42. The highest BCUT2D eigenvalue weighted by molar-refractivity contribution is 5.54. The highest BCUT2D eigenvalue weighted by atomic mass is 19.1. The van der Waals surface area contributed by atoms with E-state index in [1.807, 2.05) is 6.20 Å². The molecule has 4 rings (SSSR count). The van der Waals surface area contributed by atoms with Crippen LogP contribution in [0.25, 0.3) is 11.4 Å². The van der Waals surface area contributed by atoms with Crippen LogP contribution in [0.15, 0.2) is 35.0 Å². The Bertz CT molecular complexity index is 842. The predicted molar refractivity (Wildman–Crippen MR) is 79.1 cm³/mol. The van der Waals surface area contributed by atoms with Gasteiger partial charge in [0.1, 0.15) is 12.4 Å². The van der Waals surface area contributed by atoms with Crippen LogP contribution in [0.3, 0.4) is 0 Å². The quantitative estimate of drug-likeness (QED) is 0.800. The van der Waals surface area contributed by atoms with E-state index in [9.17, 15) is 9.50 Å². The molecule has 0 radical (unpaired) electrons. The minimum Gasteiger partial charge on any atom is -0.393 e. The molecule has 118 valence electrons. The second-order valence-corrected chi connectivity index (χ2v) is 5.66. The summed E-state index contributed by atoms with van der Waals surface area (Å²) >= 11 is 0. The third-order valence-corrected chi connectivity index (χ3v) is 4.08. The van der Waals surface area contributed by atoms with Gasteiger partial charge >= 0.3 is 0 Å². The first-order valence-corrected chi connectivity index (χ1v) is 7.50. The van der Waals surface area contributed by atoms with Crippen LogP contribution in [0, 0.1) is 5.82 Å². The molecule has 0 spiro atoms. The van der Waals surface area contributed by atoms with Crippen LogP contribution in [-0.2, 0) is 19.4 Å². The van der Waals surface area contributed by atoms with E-state index in [1.165, 1.54) is 6.07 Å². The molecule has 2 heterocycles. The Morgan fingerprint density at radius 2 is 2.22 bits per heavy atom. The van der Waals surface area contributed by atoms with E-state index < -0.39 is 0 Å². The molecule has 0 fully saturated rings. The lowest BCUT2D eigenvalue weighted by atomic mass is 9.96. The van der Waals surface area contributed by atoms with Gasteiger partial charge in [-0.05, 0) is 30.5 Å². The van der Waals surface area contributed by atoms with Crippen molar-refractivity contribution in [3.63, 3.8) is 0 Å². The van der Waals surface area contributed by atoms with E-state index in [2.05, 4.69) is 15.2 Å². The largest absolute Gasteiger partial charge is 0.393 e. The van der Waals surface area contributed by atoms with Crippen molar-refractivity contribution in [2.45, 2.75) is 31.9 Å². The number of fused-ring (bicyclic) bond motifs is 1. The number of hydrogen-bond acceptors (Lipinski definition) is 5. The maximum atomic E-state index is 13.8. The third kappa shape index (κ3) is 2.63. The zero-order valence-electron chi connectivity index (χ0n) is 12.3. The van der Waals surface area contributed by atoms with Gasteiger partial charge in [-0.15, -0.1) is 0 Å². The molecule has 0 bridgehead atoms. The molecule has 1 atom stereocenters. The monoisotopic (exact) mass is 314 g/mol. The van der Waals surface area contributed by atoms with E-state index in [0.29, 0.717) is 24.4 Å². The number of aliphatic hydroxyl groups is 1. The van der Waals surface area contributed by atoms with Crippen molar-refractivity contribution < 1.29 is 14.0 Å². The maximum absolute atomic E-state index is 13.8. The van der Waals surface area contributed by atoms with E-state index in [1.54, 1.807) is 22.9 Å². The fourth-order valence-corrected chi connectivity index (χ4v) is 2.88. The molecular weight excluding hydrogens is 299 g/mol. The van der Waals surface area contributed by atoms with Gasteiger partial charge in [0.25, 0.3) is 0 Å². The molecule has 2 aromatic heterocycles. The Hall–Kier alpha value is -2.54. The number of aliphatic hydroxyl groups excluding tert-OH is 1. The molecule has 0 aliphatic heterocycles. The first kappa shape index (κ1) is 14.1. The van der Waals surface area contributed by atoms with Crippen molar-refractivity contribution in [3.05, 3.63) is 53.4 Å². The van der Waals surface area contributed by atoms with Gasteiger partial charge in [0.2, 0.25) is 11.7 Å². The van der Waals surface area contributed by atoms with Gasteiger partial charge in [0, 0.05) is 12.1 Å². The van der Waals surface area contributed by atoms with Gasteiger partial charge in [-0.1, -0.05) is 17.3 Å². The van der Waals surface area contributed by atoms with Crippen LogP contribution in [0.2, 0.25) is 0 Å². The van der Waals surface area contributed by atoms with Gasteiger partial charge in [-0.25, -0.2) is 4.39 Å². The van der Waals surface area contributed by atoms with Crippen LogP contribution in [0.4, 0.5) is 4.39 Å². The number of halogens is 1. The van der Waals surface area contributed by atoms with Gasteiger partial charge in [-0.3, -0.25) is 4.68 Å². The van der Waals surface area contributed by atoms with Gasteiger partial charge < -0.3 is 9.63 Å². The molecule has 1 aromatic carbocycles. The predicted octanol–water partition coefficient (Wildman–Crippen LogP) is 1.97. The Labute approximate surface area is 131 Å². The average Bonchev–Trinajstić information content (AvgIpc) is 3.16. The van der Waals surface area contributed by atoms with Gasteiger partial charge in [0.05, 0.1) is 17.9 Å². The van der Waals surface area contributed by atoms with Crippen LogP contribution >= 0.6 is 0 Å². The van der Waals surface area contributed by atoms with Gasteiger partial charge in [0.15, 0.2) is 0 Å². The van der Waals surface area contributed by atoms with E-state index in [4.69, 9.17) is 4.52 Å². The molecule has 0 saturated heterocycles. The van der Waals surface area contributed by atoms with E-state index in [-0.39, 0.29) is 17.7 Å². The summed E-state index contributed by atoms with van der Waals surface area (Å²) in [6.45, 7) is 0.309. The number of benzene rings is 1. The SMILES string of the molecule is OC1CCc2cnn(Cc3nc(-c4ccccc4F)no3)c2C1. The second kappa shape index (κ2) is 5.58. The van der Waals surface area contributed by atoms with Gasteiger partial charge in [-0.2, -0.15) is 10.1 Å². The highest BCUT2D eigenvalue weighted by Crippen LogP contribution is 2.23. The lowest BCUT2D eigenvalue weighted by Gasteiger charge is -2.18. The number of nitrogens with zero attached hydrogens (tertiary/aromatic N) is 4. The number of aromatic nitrogens is 4. The maximum Gasteiger partial charge on any atom is 0.248 e. The molecule has 0 amide bonds. The zero-order chi connectivity index (χ0) is 15.8. The van der Waals surface area contributed by atoms with Crippen molar-refractivity contribution in [2.24, 2.45) is 0 Å². The molecule has 6 nitrogen and oxygen atoms in total. The molecule has 1 N–H and O–H groups in total. The standard InChI is InChI=1S/C16H15FN4O2/c17-13-4-2-1-3-12(13)16-19-15(23-20-16)9-21-14-7-11(22)6-5-10(14)8-18-21/h1-4,8,11,22H,5-7,9H2. The summed E-state index contributed by atoms with van der Waals surface area (Å²) in [5.74, 6) is 0.188. The van der Waals surface area contributed by atoms with Crippen LogP contribution in [0.5, 0.6) is 0 Å². The first-order valence-electron chi connectivity index (χ1n) is 7.50. The Morgan fingerprint density at radius 1 is 1.35 bits per heavy atom. The third-order valence-electron chi connectivity index (χ3n) is 4.08. The molecule has 1 aliphatic rings. The Morgan fingerprint density at radius 3 is 3.09 bits per heavy atom.